The lowest BCUT2D eigenvalue weighted by atomic mass is 9.95. The van der Waals surface area contributed by atoms with Crippen molar-refractivity contribution in [2.24, 2.45) is 11.8 Å². The van der Waals surface area contributed by atoms with Gasteiger partial charge >= 0.3 is 5.97 Å². The third kappa shape index (κ3) is 2.90. The van der Waals surface area contributed by atoms with Gasteiger partial charge in [-0.15, -0.1) is 11.3 Å². The van der Waals surface area contributed by atoms with Crippen molar-refractivity contribution in [3.63, 3.8) is 0 Å². The maximum Gasteiger partial charge on any atom is 0.307 e. The molecule has 1 aliphatic carbocycles. The van der Waals surface area contributed by atoms with Gasteiger partial charge in [0.2, 0.25) is 5.91 Å². The number of hydrogen-bond donors (Lipinski definition) is 2. The largest absolute Gasteiger partial charge is 0.481 e. The first kappa shape index (κ1) is 13.1. The zero-order chi connectivity index (χ0) is 13.1. The van der Waals surface area contributed by atoms with Crippen LogP contribution in [-0.4, -0.2) is 17.0 Å². The van der Waals surface area contributed by atoms with Crippen molar-refractivity contribution in [2.75, 3.05) is 0 Å². The van der Waals surface area contributed by atoms with Crippen molar-refractivity contribution < 1.29 is 14.7 Å². The van der Waals surface area contributed by atoms with Crippen molar-refractivity contribution in [3.8, 4) is 0 Å². The molecule has 1 aromatic heterocycles. The van der Waals surface area contributed by atoms with Crippen LogP contribution in [0.2, 0.25) is 0 Å². The van der Waals surface area contributed by atoms with Crippen molar-refractivity contribution in [1.29, 1.82) is 0 Å². The van der Waals surface area contributed by atoms with E-state index in [2.05, 4.69) is 5.32 Å². The maximum absolute atomic E-state index is 12.0. The lowest BCUT2D eigenvalue weighted by molar-refractivity contribution is -0.146. The molecule has 0 spiro atoms. The highest BCUT2D eigenvalue weighted by Crippen LogP contribution is 2.32. The molecule has 0 aromatic carbocycles. The van der Waals surface area contributed by atoms with Gasteiger partial charge in [0.1, 0.15) is 0 Å². The molecule has 1 aromatic rings. The van der Waals surface area contributed by atoms with E-state index < -0.39 is 11.9 Å². The molecular weight excluding hydrogens is 250 g/mol. The van der Waals surface area contributed by atoms with E-state index in [1.54, 1.807) is 11.3 Å². The van der Waals surface area contributed by atoms with E-state index in [0.29, 0.717) is 19.4 Å². The average molecular weight is 267 g/mol. The molecule has 1 amide bonds. The Labute approximate surface area is 110 Å². The molecule has 1 aliphatic rings. The predicted molar refractivity (Wildman–Crippen MR) is 69.4 cm³/mol. The van der Waals surface area contributed by atoms with Crippen LogP contribution in [0, 0.1) is 18.8 Å². The Bertz CT molecular complexity index is 455. The van der Waals surface area contributed by atoms with Crippen LogP contribution in [0.5, 0.6) is 0 Å². The summed E-state index contributed by atoms with van der Waals surface area (Å²) >= 11 is 1.65. The highest BCUT2D eigenvalue weighted by molar-refractivity contribution is 7.11. The van der Waals surface area contributed by atoms with Crippen LogP contribution in [0.15, 0.2) is 12.1 Å². The Morgan fingerprint density at radius 3 is 2.72 bits per heavy atom. The molecule has 4 nitrogen and oxygen atoms in total. The van der Waals surface area contributed by atoms with Crippen LogP contribution >= 0.6 is 11.3 Å². The predicted octanol–water partition coefficient (Wildman–Crippen LogP) is 2.17. The monoisotopic (exact) mass is 267 g/mol. The Balaban J connectivity index is 1.89. The van der Waals surface area contributed by atoms with E-state index in [1.807, 2.05) is 19.1 Å². The molecule has 1 heterocycles. The number of aryl methyl sites for hydroxylation is 1. The van der Waals surface area contributed by atoms with Crippen LogP contribution in [0.4, 0.5) is 0 Å². The summed E-state index contributed by atoms with van der Waals surface area (Å²) in [5, 5.41) is 11.9. The summed E-state index contributed by atoms with van der Waals surface area (Å²) in [7, 11) is 0. The van der Waals surface area contributed by atoms with Gasteiger partial charge < -0.3 is 10.4 Å². The Morgan fingerprint density at radius 1 is 1.39 bits per heavy atom. The summed E-state index contributed by atoms with van der Waals surface area (Å²) in [4.78, 5) is 25.3. The van der Waals surface area contributed by atoms with E-state index in [0.717, 1.165) is 11.3 Å². The molecule has 5 heteroatoms. The second-order valence-corrected chi connectivity index (χ2v) is 6.08. The second kappa shape index (κ2) is 5.52. The fourth-order valence-electron chi connectivity index (χ4n) is 2.45. The number of rotatable bonds is 4. The van der Waals surface area contributed by atoms with Crippen LogP contribution < -0.4 is 5.32 Å². The third-order valence-electron chi connectivity index (χ3n) is 3.40. The number of hydrogen-bond acceptors (Lipinski definition) is 3. The standard InChI is InChI=1S/C13H17NO3S/c1-8-5-6-9(18-8)7-14-12(15)10-3-2-4-11(10)13(16)17/h5-6,10-11H,2-4,7H2,1H3,(H,14,15)(H,16,17)/t10-,11+/m1/s1. The van der Waals surface area contributed by atoms with E-state index in [9.17, 15) is 9.59 Å². The molecule has 0 unspecified atom stereocenters. The first-order valence-corrected chi connectivity index (χ1v) is 6.95. The number of carboxylic acids is 1. The smallest absolute Gasteiger partial charge is 0.307 e. The van der Waals surface area contributed by atoms with Crippen LogP contribution in [0.3, 0.4) is 0 Å². The lowest BCUT2D eigenvalue weighted by Crippen LogP contribution is -2.34. The zero-order valence-electron chi connectivity index (χ0n) is 10.3. The molecule has 0 bridgehead atoms. The number of nitrogens with one attached hydrogen (secondary N) is 1. The second-order valence-electron chi connectivity index (χ2n) is 4.71. The number of carboxylic acid groups (broad SMARTS) is 1. The van der Waals surface area contributed by atoms with Crippen molar-refractivity contribution in [3.05, 3.63) is 21.9 Å². The van der Waals surface area contributed by atoms with Gasteiger partial charge in [-0.25, -0.2) is 0 Å². The van der Waals surface area contributed by atoms with E-state index >= 15 is 0 Å². The average Bonchev–Trinajstić information content (AvgIpc) is 2.94. The van der Waals surface area contributed by atoms with Gasteiger partial charge in [-0.2, -0.15) is 0 Å². The van der Waals surface area contributed by atoms with Crippen molar-refractivity contribution in [1.82, 2.24) is 5.32 Å². The molecule has 1 saturated carbocycles. The third-order valence-corrected chi connectivity index (χ3v) is 4.40. The van der Waals surface area contributed by atoms with Gasteiger partial charge in [0.25, 0.3) is 0 Å². The van der Waals surface area contributed by atoms with Crippen LogP contribution in [0.25, 0.3) is 0 Å². The van der Waals surface area contributed by atoms with Crippen LogP contribution in [-0.2, 0) is 16.1 Å². The summed E-state index contributed by atoms with van der Waals surface area (Å²) < 4.78 is 0. The zero-order valence-corrected chi connectivity index (χ0v) is 11.1. The highest BCUT2D eigenvalue weighted by atomic mass is 32.1. The summed E-state index contributed by atoms with van der Waals surface area (Å²) in [6, 6.07) is 4.01. The Hall–Kier alpha value is -1.36. The van der Waals surface area contributed by atoms with Gasteiger partial charge in [-0.1, -0.05) is 6.42 Å². The Kier molecular flexibility index (Phi) is 4.01. The topological polar surface area (TPSA) is 66.4 Å². The minimum Gasteiger partial charge on any atom is -0.481 e. The van der Waals surface area contributed by atoms with Gasteiger partial charge in [-0.3, -0.25) is 9.59 Å². The van der Waals surface area contributed by atoms with Gasteiger partial charge in [0.05, 0.1) is 18.4 Å². The molecule has 18 heavy (non-hydrogen) atoms. The molecule has 2 atom stereocenters. The minimum absolute atomic E-state index is 0.119. The summed E-state index contributed by atoms with van der Waals surface area (Å²) in [6.45, 7) is 2.52. The van der Waals surface area contributed by atoms with E-state index in [4.69, 9.17) is 5.11 Å². The number of thiophene rings is 1. The lowest BCUT2D eigenvalue weighted by Gasteiger charge is -2.15. The molecule has 0 radical (unpaired) electrons. The molecule has 0 saturated heterocycles. The summed E-state index contributed by atoms with van der Waals surface area (Å²) in [6.07, 6.45) is 2.13. The fourth-order valence-corrected chi connectivity index (χ4v) is 3.28. The molecular formula is C13H17NO3S. The Morgan fingerprint density at radius 2 is 2.11 bits per heavy atom. The first-order chi connectivity index (χ1) is 8.58. The van der Waals surface area contributed by atoms with Gasteiger partial charge in [0, 0.05) is 9.75 Å². The van der Waals surface area contributed by atoms with Crippen molar-refractivity contribution >= 4 is 23.2 Å². The van der Waals surface area contributed by atoms with Gasteiger partial charge in [-0.05, 0) is 31.9 Å². The normalized spacial score (nSPS) is 22.9. The number of carbonyl (C=O) groups excluding carboxylic acids is 1. The number of carbonyl (C=O) groups is 2. The quantitative estimate of drug-likeness (QED) is 0.878. The maximum atomic E-state index is 12.0. The van der Waals surface area contributed by atoms with E-state index in [-0.39, 0.29) is 11.8 Å². The minimum atomic E-state index is -0.848. The number of amides is 1. The molecule has 2 rings (SSSR count). The van der Waals surface area contributed by atoms with Crippen molar-refractivity contribution in [2.45, 2.75) is 32.7 Å². The SMILES string of the molecule is Cc1ccc(CNC(=O)[C@@H]2CCC[C@@H]2C(=O)O)s1. The fraction of sp³-hybridized carbons (Fsp3) is 0.538. The first-order valence-electron chi connectivity index (χ1n) is 6.14. The van der Waals surface area contributed by atoms with E-state index in [1.165, 1.54) is 4.88 Å². The number of aliphatic carboxylic acids is 1. The summed E-state index contributed by atoms with van der Waals surface area (Å²) in [5.74, 6) is -1.83. The molecule has 0 aliphatic heterocycles. The molecule has 2 N–H and O–H groups in total. The molecule has 1 fully saturated rings. The van der Waals surface area contributed by atoms with Gasteiger partial charge in [0.15, 0.2) is 0 Å². The summed E-state index contributed by atoms with van der Waals surface area (Å²) in [5.41, 5.74) is 0. The van der Waals surface area contributed by atoms with Crippen LogP contribution in [0.1, 0.15) is 29.0 Å². The highest BCUT2D eigenvalue weighted by Gasteiger charge is 2.37. The molecule has 98 valence electrons.